The van der Waals surface area contributed by atoms with Gasteiger partial charge in [-0.1, -0.05) is 0 Å². The van der Waals surface area contributed by atoms with Crippen LogP contribution in [0.2, 0.25) is 0 Å². The Balaban J connectivity index is 3.63. The van der Waals surface area contributed by atoms with Gasteiger partial charge in [-0.15, -0.1) is 5.48 Å². The van der Waals surface area contributed by atoms with Crippen molar-refractivity contribution in [2.75, 3.05) is 13.2 Å². The largest absolute Gasteiger partial charge is 0.479 e. The smallest absolute Gasteiger partial charge is 0.369 e. The lowest BCUT2D eigenvalue weighted by atomic mass is 10.2. The molecule has 0 saturated heterocycles. The zero-order valence-electron chi connectivity index (χ0n) is 9.31. The topological polar surface area (TPSA) is 163 Å². The molecule has 0 bridgehead atoms. The molecule has 0 aromatic carbocycles. The molecule has 0 radical (unpaired) electrons. The lowest BCUT2D eigenvalue weighted by Gasteiger charge is -2.01. The summed E-state index contributed by atoms with van der Waals surface area (Å²) >= 11 is 0. The van der Waals surface area contributed by atoms with Gasteiger partial charge in [0, 0.05) is 6.42 Å². The van der Waals surface area contributed by atoms with Gasteiger partial charge in [-0.3, -0.25) is 10.7 Å². The quantitative estimate of drug-likeness (QED) is 0.109. The number of guanidine groups is 1. The van der Waals surface area contributed by atoms with Gasteiger partial charge in [-0.05, 0) is 6.42 Å². The van der Waals surface area contributed by atoms with E-state index in [9.17, 15) is 9.59 Å². The van der Waals surface area contributed by atoms with Crippen LogP contribution in [0.15, 0.2) is 0 Å². The van der Waals surface area contributed by atoms with E-state index < -0.39 is 24.6 Å². The first-order valence-corrected chi connectivity index (χ1v) is 4.95. The highest BCUT2D eigenvalue weighted by atomic mass is 16.7. The van der Waals surface area contributed by atoms with Crippen LogP contribution in [-0.2, 0) is 14.4 Å². The fourth-order valence-corrected chi connectivity index (χ4v) is 0.907. The SMILES string of the molecule is NC(NOCC(=O)O)=[NH+]CCC[C@H]([NH3+])C(=O)O. The predicted octanol–water partition coefficient (Wildman–Crippen LogP) is -4.54. The summed E-state index contributed by atoms with van der Waals surface area (Å²) in [5.74, 6) is -1.99. The average Bonchev–Trinajstić information content (AvgIpc) is 2.23. The molecule has 98 valence electrons. The molecule has 0 unspecified atom stereocenters. The van der Waals surface area contributed by atoms with Gasteiger partial charge in [0.2, 0.25) is 0 Å². The van der Waals surface area contributed by atoms with Crippen LogP contribution >= 0.6 is 0 Å². The summed E-state index contributed by atoms with van der Waals surface area (Å²) in [7, 11) is 0. The maximum Gasteiger partial charge on any atom is 0.369 e. The van der Waals surface area contributed by atoms with Crippen molar-refractivity contribution in [2.24, 2.45) is 5.73 Å². The fraction of sp³-hybridized carbons (Fsp3) is 0.625. The third-order valence-electron chi connectivity index (χ3n) is 1.77. The van der Waals surface area contributed by atoms with E-state index in [1.54, 1.807) is 0 Å². The van der Waals surface area contributed by atoms with E-state index in [1.165, 1.54) is 0 Å². The van der Waals surface area contributed by atoms with Crippen molar-refractivity contribution in [3.8, 4) is 0 Å². The van der Waals surface area contributed by atoms with Gasteiger partial charge in [0.15, 0.2) is 12.6 Å². The maximum absolute atomic E-state index is 10.4. The van der Waals surface area contributed by atoms with Gasteiger partial charge < -0.3 is 15.9 Å². The summed E-state index contributed by atoms with van der Waals surface area (Å²) in [5, 5.41) is 16.8. The highest BCUT2D eigenvalue weighted by Gasteiger charge is 2.14. The second-order valence-corrected chi connectivity index (χ2v) is 3.30. The van der Waals surface area contributed by atoms with Gasteiger partial charge in [-0.2, -0.15) is 0 Å². The summed E-state index contributed by atoms with van der Waals surface area (Å²) in [6.45, 7) is -0.0725. The lowest BCUT2D eigenvalue weighted by Crippen LogP contribution is -2.79. The van der Waals surface area contributed by atoms with Crippen LogP contribution in [0.4, 0.5) is 0 Å². The first-order chi connectivity index (χ1) is 7.93. The minimum Gasteiger partial charge on any atom is -0.479 e. The van der Waals surface area contributed by atoms with Crippen molar-refractivity contribution in [3.05, 3.63) is 0 Å². The molecule has 9 N–H and O–H groups in total. The summed E-state index contributed by atoms with van der Waals surface area (Å²) in [5.41, 5.74) is 11.0. The van der Waals surface area contributed by atoms with E-state index in [1.807, 2.05) is 0 Å². The second-order valence-electron chi connectivity index (χ2n) is 3.30. The number of hydroxylamine groups is 1. The number of aliphatic carboxylic acids is 2. The van der Waals surface area contributed by atoms with Crippen LogP contribution in [-0.4, -0.2) is 47.3 Å². The van der Waals surface area contributed by atoms with E-state index in [0.717, 1.165) is 0 Å². The standard InChI is InChI=1S/C8H16N4O5/c9-5(7(15)16)2-1-3-11-8(10)12-17-4-6(13)14/h5H,1-4,9H2,(H,13,14)(H,15,16)(H3,10,11,12)/p+2/t5-/m0/s1. The highest BCUT2D eigenvalue weighted by Crippen LogP contribution is 1.88. The molecule has 0 saturated carbocycles. The molecule has 0 heterocycles. The van der Waals surface area contributed by atoms with Gasteiger partial charge in [-0.25, -0.2) is 14.4 Å². The molecule has 9 nitrogen and oxygen atoms in total. The number of carbonyl (C=O) groups is 2. The molecule has 1 atom stereocenters. The average molecular weight is 250 g/mol. The molecule has 0 rings (SSSR count). The zero-order chi connectivity index (χ0) is 13.3. The third-order valence-corrected chi connectivity index (χ3v) is 1.77. The summed E-state index contributed by atoms with van der Waals surface area (Å²) in [4.78, 5) is 27.7. The molecule has 0 amide bonds. The number of rotatable bonds is 8. The number of nitrogens with one attached hydrogen (secondary N) is 2. The Labute approximate surface area is 97.4 Å². The Morgan fingerprint density at radius 2 is 2.12 bits per heavy atom. The summed E-state index contributed by atoms with van der Waals surface area (Å²) < 4.78 is 0. The van der Waals surface area contributed by atoms with Crippen molar-refractivity contribution < 1.29 is 35.4 Å². The molecule has 0 aliphatic carbocycles. The van der Waals surface area contributed by atoms with Crippen LogP contribution < -0.4 is 21.9 Å². The fourth-order valence-electron chi connectivity index (χ4n) is 0.907. The number of carboxylic acids is 2. The third kappa shape index (κ3) is 9.08. The maximum atomic E-state index is 10.4. The Bertz CT molecular complexity index is 294. The van der Waals surface area contributed by atoms with Crippen molar-refractivity contribution in [2.45, 2.75) is 18.9 Å². The zero-order valence-corrected chi connectivity index (χ0v) is 9.31. The molecular formula is C8H18N4O5+2. The van der Waals surface area contributed by atoms with E-state index >= 15 is 0 Å². The lowest BCUT2D eigenvalue weighted by molar-refractivity contribution is -0.467. The van der Waals surface area contributed by atoms with Crippen LogP contribution in [0.1, 0.15) is 12.8 Å². The number of hydrogen-bond donors (Lipinski definition) is 6. The van der Waals surface area contributed by atoms with Gasteiger partial charge in [0.05, 0.1) is 6.54 Å². The molecule has 9 heteroatoms. The van der Waals surface area contributed by atoms with Crippen LogP contribution in [0, 0.1) is 0 Å². The molecule has 0 fully saturated rings. The Morgan fingerprint density at radius 3 is 2.65 bits per heavy atom. The number of hydrogen-bond acceptors (Lipinski definition) is 3. The predicted molar refractivity (Wildman–Crippen MR) is 55.3 cm³/mol. The van der Waals surface area contributed by atoms with Crippen molar-refractivity contribution in [3.63, 3.8) is 0 Å². The summed E-state index contributed by atoms with van der Waals surface area (Å²) in [6.07, 6.45) is 0.993. The molecule has 17 heavy (non-hydrogen) atoms. The molecule has 0 aromatic rings. The Hall–Kier alpha value is -1.87. The second kappa shape index (κ2) is 8.30. The van der Waals surface area contributed by atoms with Crippen molar-refractivity contribution in [1.29, 1.82) is 0 Å². The molecule has 0 spiro atoms. The van der Waals surface area contributed by atoms with Crippen molar-refractivity contribution in [1.82, 2.24) is 5.48 Å². The first-order valence-electron chi connectivity index (χ1n) is 4.95. The van der Waals surface area contributed by atoms with Crippen LogP contribution in [0.25, 0.3) is 0 Å². The van der Waals surface area contributed by atoms with E-state index in [2.05, 4.69) is 21.0 Å². The monoisotopic (exact) mass is 250 g/mol. The summed E-state index contributed by atoms with van der Waals surface area (Å²) in [6, 6.07) is -0.644. The number of quaternary nitrogens is 1. The first kappa shape index (κ1) is 15.1. The minimum atomic E-state index is -1.12. The van der Waals surface area contributed by atoms with Crippen molar-refractivity contribution >= 4 is 17.9 Å². The Morgan fingerprint density at radius 1 is 1.47 bits per heavy atom. The van der Waals surface area contributed by atoms with E-state index in [-0.39, 0.29) is 5.96 Å². The van der Waals surface area contributed by atoms with E-state index in [4.69, 9.17) is 15.9 Å². The normalized spacial score (nSPS) is 13.1. The number of carboxylic acid groups (broad SMARTS) is 2. The molecule has 0 aliphatic heterocycles. The number of nitrogens with two attached hydrogens (primary N) is 1. The Kier molecular flexibility index (Phi) is 7.39. The molecule has 0 aromatic heterocycles. The minimum absolute atomic E-state index is 0.0715. The van der Waals surface area contributed by atoms with Gasteiger partial charge in [0.25, 0.3) is 0 Å². The van der Waals surface area contributed by atoms with Crippen LogP contribution in [0.5, 0.6) is 0 Å². The van der Waals surface area contributed by atoms with E-state index in [0.29, 0.717) is 19.4 Å². The van der Waals surface area contributed by atoms with Gasteiger partial charge >= 0.3 is 17.9 Å². The highest BCUT2D eigenvalue weighted by molar-refractivity contribution is 5.72. The molecule has 0 aliphatic rings. The molecular weight excluding hydrogens is 232 g/mol. The van der Waals surface area contributed by atoms with Crippen LogP contribution in [0.3, 0.4) is 0 Å². The van der Waals surface area contributed by atoms with Gasteiger partial charge in [0.1, 0.15) is 0 Å².